The van der Waals surface area contributed by atoms with Crippen LogP contribution in [-0.2, 0) is 0 Å². The summed E-state index contributed by atoms with van der Waals surface area (Å²) < 4.78 is 0. The fourth-order valence-electron chi connectivity index (χ4n) is 1.47. The number of hydrogen-bond donors (Lipinski definition) is 2. The van der Waals surface area contributed by atoms with Crippen LogP contribution in [0.15, 0.2) is 53.1 Å². The predicted molar refractivity (Wildman–Crippen MR) is 66.3 cm³/mol. The summed E-state index contributed by atoms with van der Waals surface area (Å²) in [4.78, 5) is 8.15. The van der Waals surface area contributed by atoms with Crippen molar-refractivity contribution in [3.63, 3.8) is 0 Å². The molecule has 3 aromatic rings. The van der Waals surface area contributed by atoms with Crippen LogP contribution in [0.1, 0.15) is 0 Å². The van der Waals surface area contributed by atoms with Crippen LogP contribution in [0.2, 0.25) is 0 Å². The number of aromatic nitrogens is 4. The average Bonchev–Trinajstić information content (AvgIpc) is 2.84. The number of hydrogen-bond acceptors (Lipinski definition) is 5. The van der Waals surface area contributed by atoms with Gasteiger partial charge in [0.2, 0.25) is 0 Å². The Morgan fingerprint density at radius 2 is 2.00 bits per heavy atom. The zero-order valence-corrected chi connectivity index (χ0v) is 9.28. The Balaban J connectivity index is 1.80. The SMILES string of the molecule is c1ccc(N/N=N/c2[nH]nc3ncccc23)nc1. The second-order valence-corrected chi connectivity index (χ2v) is 3.47. The highest BCUT2D eigenvalue weighted by Crippen LogP contribution is 2.20. The van der Waals surface area contributed by atoms with Crippen molar-refractivity contribution < 1.29 is 0 Å². The molecule has 0 radical (unpaired) electrons. The summed E-state index contributed by atoms with van der Waals surface area (Å²) in [5.41, 5.74) is 3.34. The van der Waals surface area contributed by atoms with Crippen LogP contribution in [0.25, 0.3) is 11.0 Å². The van der Waals surface area contributed by atoms with Crippen LogP contribution >= 0.6 is 0 Å². The number of anilines is 1. The molecular formula is C11H9N7. The lowest BCUT2D eigenvalue weighted by Crippen LogP contribution is -1.88. The van der Waals surface area contributed by atoms with E-state index in [9.17, 15) is 0 Å². The molecule has 0 amide bonds. The Morgan fingerprint density at radius 3 is 2.89 bits per heavy atom. The first-order valence-electron chi connectivity index (χ1n) is 5.30. The molecule has 0 aliphatic heterocycles. The van der Waals surface area contributed by atoms with Gasteiger partial charge in [-0.15, -0.1) is 5.11 Å². The molecule has 18 heavy (non-hydrogen) atoms. The first kappa shape index (κ1) is 10.3. The number of pyridine rings is 2. The van der Waals surface area contributed by atoms with E-state index in [1.54, 1.807) is 18.5 Å². The van der Waals surface area contributed by atoms with E-state index < -0.39 is 0 Å². The van der Waals surface area contributed by atoms with Gasteiger partial charge in [-0.3, -0.25) is 5.10 Å². The van der Waals surface area contributed by atoms with Crippen molar-refractivity contribution in [2.75, 3.05) is 5.43 Å². The second-order valence-electron chi connectivity index (χ2n) is 3.47. The maximum Gasteiger partial charge on any atom is 0.183 e. The molecule has 3 heterocycles. The summed E-state index contributed by atoms with van der Waals surface area (Å²) in [5.74, 6) is 1.18. The molecule has 0 aliphatic rings. The minimum Gasteiger partial charge on any atom is -0.257 e. The van der Waals surface area contributed by atoms with Gasteiger partial charge >= 0.3 is 0 Å². The van der Waals surface area contributed by atoms with Crippen LogP contribution in [0.4, 0.5) is 11.6 Å². The van der Waals surface area contributed by atoms with Gasteiger partial charge in [0.05, 0.1) is 5.39 Å². The normalized spacial score (nSPS) is 11.1. The average molecular weight is 239 g/mol. The van der Waals surface area contributed by atoms with Gasteiger partial charge in [-0.1, -0.05) is 11.3 Å². The molecule has 88 valence electrons. The first-order chi connectivity index (χ1) is 8.93. The third-order valence-electron chi connectivity index (χ3n) is 2.29. The van der Waals surface area contributed by atoms with E-state index in [0.29, 0.717) is 17.3 Å². The minimum absolute atomic E-state index is 0.557. The summed E-state index contributed by atoms with van der Waals surface area (Å²) in [6, 6.07) is 9.19. The zero-order valence-electron chi connectivity index (χ0n) is 9.28. The van der Waals surface area contributed by atoms with E-state index in [4.69, 9.17) is 0 Å². The van der Waals surface area contributed by atoms with Gasteiger partial charge < -0.3 is 0 Å². The molecule has 0 atom stereocenters. The Labute approximate surface area is 102 Å². The Kier molecular flexibility index (Phi) is 2.63. The molecule has 0 bridgehead atoms. The molecule has 0 saturated heterocycles. The number of fused-ring (bicyclic) bond motifs is 1. The van der Waals surface area contributed by atoms with Crippen molar-refractivity contribution in [1.29, 1.82) is 0 Å². The third kappa shape index (κ3) is 2.01. The number of aromatic amines is 1. The zero-order chi connectivity index (χ0) is 12.2. The molecule has 0 aromatic carbocycles. The molecule has 2 N–H and O–H groups in total. The lowest BCUT2D eigenvalue weighted by Gasteiger charge is -1.94. The van der Waals surface area contributed by atoms with Crippen LogP contribution in [0.3, 0.4) is 0 Å². The number of nitrogens with zero attached hydrogens (tertiary/aromatic N) is 5. The molecule has 3 rings (SSSR count). The number of rotatable bonds is 3. The quantitative estimate of drug-likeness (QED) is 0.542. The molecule has 0 aliphatic carbocycles. The van der Waals surface area contributed by atoms with E-state index in [1.165, 1.54) is 0 Å². The fraction of sp³-hybridized carbons (Fsp3) is 0. The molecule has 7 nitrogen and oxygen atoms in total. The van der Waals surface area contributed by atoms with E-state index >= 15 is 0 Å². The van der Waals surface area contributed by atoms with E-state index in [-0.39, 0.29) is 0 Å². The highest BCUT2D eigenvalue weighted by atomic mass is 15.4. The molecule has 0 spiro atoms. The van der Waals surface area contributed by atoms with Gasteiger partial charge in [-0.05, 0) is 24.3 Å². The van der Waals surface area contributed by atoms with E-state index in [2.05, 4.69) is 35.9 Å². The van der Waals surface area contributed by atoms with Crippen molar-refractivity contribution in [1.82, 2.24) is 20.2 Å². The van der Waals surface area contributed by atoms with Crippen molar-refractivity contribution in [3.8, 4) is 0 Å². The molecule has 7 heteroatoms. The Hall–Kier alpha value is -2.83. The number of H-pyrrole nitrogens is 1. The Morgan fingerprint density at radius 1 is 1.06 bits per heavy atom. The summed E-state index contributed by atoms with van der Waals surface area (Å²) in [6.07, 6.45) is 3.35. The summed E-state index contributed by atoms with van der Waals surface area (Å²) in [7, 11) is 0. The second kappa shape index (κ2) is 4.58. The lowest BCUT2D eigenvalue weighted by atomic mass is 10.3. The van der Waals surface area contributed by atoms with Crippen molar-refractivity contribution in [2.24, 2.45) is 10.3 Å². The predicted octanol–water partition coefficient (Wildman–Crippen LogP) is 2.46. The molecular weight excluding hydrogens is 230 g/mol. The maximum atomic E-state index is 4.09. The summed E-state index contributed by atoms with van der Waals surface area (Å²) in [6.45, 7) is 0. The van der Waals surface area contributed by atoms with Crippen molar-refractivity contribution in [3.05, 3.63) is 42.7 Å². The largest absolute Gasteiger partial charge is 0.257 e. The summed E-state index contributed by atoms with van der Waals surface area (Å²) in [5, 5.41) is 15.5. The number of nitrogens with one attached hydrogen (secondary N) is 2. The van der Waals surface area contributed by atoms with Gasteiger partial charge in [0, 0.05) is 12.4 Å². The van der Waals surface area contributed by atoms with Gasteiger partial charge in [0.25, 0.3) is 0 Å². The van der Waals surface area contributed by atoms with E-state index in [1.807, 2.05) is 24.3 Å². The molecule has 0 fully saturated rings. The van der Waals surface area contributed by atoms with Crippen LogP contribution < -0.4 is 5.43 Å². The van der Waals surface area contributed by atoms with Gasteiger partial charge in [0.1, 0.15) is 5.82 Å². The van der Waals surface area contributed by atoms with Crippen molar-refractivity contribution >= 4 is 22.7 Å². The lowest BCUT2D eigenvalue weighted by molar-refractivity contribution is 1.03. The third-order valence-corrected chi connectivity index (χ3v) is 2.29. The maximum absolute atomic E-state index is 4.09. The van der Waals surface area contributed by atoms with E-state index in [0.717, 1.165) is 5.39 Å². The Bertz CT molecular complexity index is 674. The van der Waals surface area contributed by atoms with Crippen LogP contribution in [0, 0.1) is 0 Å². The van der Waals surface area contributed by atoms with Crippen LogP contribution in [-0.4, -0.2) is 20.2 Å². The molecule has 0 unspecified atom stereocenters. The molecule has 3 aromatic heterocycles. The first-order valence-corrected chi connectivity index (χ1v) is 5.30. The van der Waals surface area contributed by atoms with Crippen molar-refractivity contribution in [2.45, 2.75) is 0 Å². The monoisotopic (exact) mass is 239 g/mol. The topological polar surface area (TPSA) is 91.2 Å². The van der Waals surface area contributed by atoms with Crippen LogP contribution in [0.5, 0.6) is 0 Å². The van der Waals surface area contributed by atoms with Gasteiger partial charge in [0.15, 0.2) is 11.5 Å². The van der Waals surface area contributed by atoms with Gasteiger partial charge in [-0.25, -0.2) is 15.4 Å². The smallest absolute Gasteiger partial charge is 0.183 e. The standard InChI is InChI=1S/C11H9N7/c1-2-6-12-9(5-1)14-18-17-11-8-4-3-7-13-10(8)15-16-11/h1-7H,(H2,12,13,14,15,16,17). The summed E-state index contributed by atoms with van der Waals surface area (Å²) >= 11 is 0. The highest BCUT2D eigenvalue weighted by Gasteiger charge is 2.03. The highest BCUT2D eigenvalue weighted by molar-refractivity contribution is 5.84. The fourth-order valence-corrected chi connectivity index (χ4v) is 1.47. The van der Waals surface area contributed by atoms with Gasteiger partial charge in [-0.2, -0.15) is 5.10 Å². The minimum atomic E-state index is 0.557. The molecule has 0 saturated carbocycles.